The normalized spacial score (nSPS) is 23.1. The van der Waals surface area contributed by atoms with Gasteiger partial charge in [-0.15, -0.1) is 0 Å². The number of rotatable bonds is 3. The van der Waals surface area contributed by atoms with Gasteiger partial charge in [0, 0.05) is 0 Å². The molecule has 0 amide bonds. The van der Waals surface area contributed by atoms with Crippen molar-refractivity contribution >= 4 is 11.3 Å². The Bertz CT molecular complexity index is 103. The highest BCUT2D eigenvalue weighted by Crippen LogP contribution is 2.21. The molecule has 1 fully saturated rings. The van der Waals surface area contributed by atoms with E-state index in [0.29, 0.717) is 0 Å². The van der Waals surface area contributed by atoms with E-state index in [2.05, 4.69) is 4.84 Å². The van der Waals surface area contributed by atoms with E-state index in [4.69, 9.17) is 4.55 Å². The van der Waals surface area contributed by atoms with Crippen molar-refractivity contribution in [1.82, 2.24) is 4.89 Å². The lowest BCUT2D eigenvalue weighted by Gasteiger charge is -1.95. The highest BCUT2D eigenvalue weighted by atomic mass is 32.2. The van der Waals surface area contributed by atoms with Gasteiger partial charge in [-0.2, -0.15) is 0 Å². The van der Waals surface area contributed by atoms with Crippen LogP contribution in [-0.4, -0.2) is 14.9 Å². The molecule has 1 aliphatic rings. The van der Waals surface area contributed by atoms with Crippen molar-refractivity contribution in [2.75, 3.05) is 0 Å². The third kappa shape index (κ3) is 2.37. The Labute approximate surface area is 49.6 Å². The maximum Gasteiger partial charge on any atom is 0.256 e. The van der Waals surface area contributed by atoms with Gasteiger partial charge in [-0.1, -0.05) is 4.89 Å². The van der Waals surface area contributed by atoms with Crippen molar-refractivity contribution in [3.8, 4) is 0 Å². The molecule has 0 aliphatic heterocycles. The lowest BCUT2D eigenvalue weighted by molar-refractivity contribution is 0.0775. The summed E-state index contributed by atoms with van der Waals surface area (Å²) in [5.41, 5.74) is 0. The lowest BCUT2D eigenvalue weighted by Crippen LogP contribution is -2.17. The zero-order valence-electron chi connectivity index (χ0n) is 4.16. The molecule has 0 spiro atoms. The van der Waals surface area contributed by atoms with Gasteiger partial charge in [-0.25, -0.2) is 4.21 Å². The molecule has 0 aromatic carbocycles. The van der Waals surface area contributed by atoms with Crippen LogP contribution in [0.25, 0.3) is 0 Å². The molecule has 0 aromatic heterocycles. The van der Waals surface area contributed by atoms with E-state index >= 15 is 0 Å². The molecule has 1 aliphatic carbocycles. The van der Waals surface area contributed by atoms with Gasteiger partial charge < -0.3 is 0 Å². The quantitative estimate of drug-likeness (QED) is 0.418. The van der Waals surface area contributed by atoms with Gasteiger partial charge >= 0.3 is 0 Å². The SMILES string of the molecule is O=S(O)NOC1CC1. The maximum absolute atomic E-state index is 9.81. The molecule has 1 unspecified atom stereocenters. The fraction of sp³-hybridized carbons (Fsp3) is 1.00. The number of nitrogens with one attached hydrogen (secondary N) is 1. The van der Waals surface area contributed by atoms with Crippen molar-refractivity contribution in [2.45, 2.75) is 18.9 Å². The topological polar surface area (TPSA) is 58.6 Å². The van der Waals surface area contributed by atoms with Crippen LogP contribution in [0.3, 0.4) is 0 Å². The molecular formula is C3H7NO3S. The van der Waals surface area contributed by atoms with E-state index in [1.165, 1.54) is 0 Å². The first-order valence-electron chi connectivity index (χ1n) is 2.31. The molecule has 0 radical (unpaired) electrons. The second kappa shape index (κ2) is 2.54. The summed E-state index contributed by atoms with van der Waals surface area (Å²) in [6, 6.07) is 0. The zero-order chi connectivity index (χ0) is 5.98. The molecule has 1 atom stereocenters. The van der Waals surface area contributed by atoms with E-state index in [0.717, 1.165) is 12.8 Å². The molecule has 0 saturated heterocycles. The first-order chi connectivity index (χ1) is 3.79. The Hall–Kier alpha value is 0.0300. The minimum absolute atomic E-state index is 0.172. The van der Waals surface area contributed by atoms with E-state index in [1.54, 1.807) is 0 Å². The maximum atomic E-state index is 9.81. The van der Waals surface area contributed by atoms with E-state index in [1.807, 2.05) is 4.89 Å². The third-order valence-electron chi connectivity index (χ3n) is 0.810. The van der Waals surface area contributed by atoms with Crippen LogP contribution in [0, 0.1) is 0 Å². The predicted octanol–water partition coefficient (Wildman–Crippen LogP) is -0.193. The third-order valence-corrected chi connectivity index (χ3v) is 1.05. The molecule has 8 heavy (non-hydrogen) atoms. The molecule has 4 nitrogen and oxygen atoms in total. The van der Waals surface area contributed by atoms with Crippen LogP contribution < -0.4 is 4.89 Å². The van der Waals surface area contributed by atoms with Gasteiger partial charge in [0.2, 0.25) is 0 Å². The standard InChI is InChI=1S/C3H7NO3S/c5-8(6)4-7-3-1-2-3/h3-4H,1-2H2,(H,5,6). The first kappa shape index (κ1) is 6.15. The second-order valence-corrected chi connectivity index (χ2v) is 2.31. The molecule has 0 heterocycles. The zero-order valence-corrected chi connectivity index (χ0v) is 4.98. The molecule has 2 N–H and O–H groups in total. The van der Waals surface area contributed by atoms with Gasteiger partial charge in [0.1, 0.15) is 0 Å². The molecule has 0 bridgehead atoms. The molecule has 48 valence electrons. The van der Waals surface area contributed by atoms with Crippen molar-refractivity contribution in [3.05, 3.63) is 0 Å². The first-order valence-corrected chi connectivity index (χ1v) is 3.42. The Morgan fingerprint density at radius 3 is 2.75 bits per heavy atom. The van der Waals surface area contributed by atoms with Gasteiger partial charge in [-0.3, -0.25) is 9.39 Å². The summed E-state index contributed by atoms with van der Waals surface area (Å²) in [5.74, 6) is 0. The Morgan fingerprint density at radius 2 is 2.38 bits per heavy atom. The highest BCUT2D eigenvalue weighted by Gasteiger charge is 2.22. The summed E-state index contributed by atoms with van der Waals surface area (Å²) in [7, 11) is 0. The fourth-order valence-electron chi connectivity index (χ4n) is 0.295. The predicted molar refractivity (Wildman–Crippen MR) is 28.0 cm³/mol. The Balaban J connectivity index is 1.95. The van der Waals surface area contributed by atoms with Crippen molar-refractivity contribution < 1.29 is 13.6 Å². The average molecular weight is 137 g/mol. The van der Waals surface area contributed by atoms with E-state index in [-0.39, 0.29) is 6.10 Å². The van der Waals surface area contributed by atoms with Gasteiger partial charge in [0.25, 0.3) is 11.3 Å². The second-order valence-electron chi connectivity index (χ2n) is 1.65. The van der Waals surface area contributed by atoms with Crippen LogP contribution in [0.1, 0.15) is 12.8 Å². The molecule has 1 rings (SSSR count). The summed E-state index contributed by atoms with van der Waals surface area (Å²) >= 11 is -2.02. The van der Waals surface area contributed by atoms with Crippen LogP contribution in [-0.2, 0) is 16.1 Å². The monoisotopic (exact) mass is 137 g/mol. The molecular weight excluding hydrogens is 130 g/mol. The highest BCUT2D eigenvalue weighted by molar-refractivity contribution is 7.76. The summed E-state index contributed by atoms with van der Waals surface area (Å²) in [6.07, 6.45) is 2.15. The van der Waals surface area contributed by atoms with E-state index in [9.17, 15) is 4.21 Å². The summed E-state index contributed by atoms with van der Waals surface area (Å²) in [4.78, 5) is 6.55. The minimum Gasteiger partial charge on any atom is -0.292 e. The molecule has 5 heteroatoms. The fourth-order valence-corrected chi connectivity index (χ4v) is 0.513. The molecule has 1 saturated carbocycles. The van der Waals surface area contributed by atoms with Crippen molar-refractivity contribution in [1.29, 1.82) is 0 Å². The lowest BCUT2D eigenvalue weighted by atomic mass is 10.9. The Morgan fingerprint density at radius 1 is 1.75 bits per heavy atom. The number of hydrogen-bond acceptors (Lipinski definition) is 2. The molecule has 0 aromatic rings. The minimum atomic E-state index is -2.02. The van der Waals surface area contributed by atoms with Crippen LogP contribution in [0.15, 0.2) is 0 Å². The number of hydrogen-bond donors (Lipinski definition) is 2. The van der Waals surface area contributed by atoms with Crippen molar-refractivity contribution in [2.24, 2.45) is 0 Å². The van der Waals surface area contributed by atoms with Crippen LogP contribution in [0.2, 0.25) is 0 Å². The summed E-state index contributed by atoms with van der Waals surface area (Å²) < 4.78 is 17.9. The van der Waals surface area contributed by atoms with Gasteiger partial charge in [0.15, 0.2) is 0 Å². The largest absolute Gasteiger partial charge is 0.292 e. The van der Waals surface area contributed by atoms with Gasteiger partial charge in [-0.05, 0) is 12.8 Å². The van der Waals surface area contributed by atoms with Crippen LogP contribution in [0.5, 0.6) is 0 Å². The summed E-state index contributed by atoms with van der Waals surface area (Å²) in [5, 5.41) is 0. The smallest absolute Gasteiger partial charge is 0.256 e. The van der Waals surface area contributed by atoms with Gasteiger partial charge in [0.05, 0.1) is 6.10 Å². The van der Waals surface area contributed by atoms with Crippen LogP contribution in [0.4, 0.5) is 0 Å². The van der Waals surface area contributed by atoms with Crippen molar-refractivity contribution in [3.63, 3.8) is 0 Å². The Kier molecular flexibility index (Phi) is 1.95. The average Bonchev–Trinajstić information content (AvgIpc) is 2.41. The van der Waals surface area contributed by atoms with E-state index < -0.39 is 11.3 Å². The summed E-state index contributed by atoms with van der Waals surface area (Å²) in [6.45, 7) is 0. The van der Waals surface area contributed by atoms with Crippen LogP contribution >= 0.6 is 0 Å².